The lowest BCUT2D eigenvalue weighted by atomic mass is 9.94. The third-order valence-corrected chi connectivity index (χ3v) is 4.11. The Hall–Kier alpha value is -2.17. The molecule has 5 heteroatoms. The molecular weight excluding hydrogens is 310 g/mol. The number of fused-ring (bicyclic) bond motifs is 1. The van der Waals surface area contributed by atoms with E-state index >= 15 is 0 Å². The number of ether oxygens (including phenoxy) is 1. The van der Waals surface area contributed by atoms with Crippen LogP contribution in [0.1, 0.15) is 11.6 Å². The molecule has 0 spiro atoms. The zero-order chi connectivity index (χ0) is 14.9. The lowest BCUT2D eigenvalue weighted by molar-refractivity contribution is 0.415. The molecular formula is C18H18ClN3O. The number of aromatic nitrogens is 2. The number of para-hydroxylation sites is 2. The summed E-state index contributed by atoms with van der Waals surface area (Å²) in [5, 5.41) is 3.32. The van der Waals surface area contributed by atoms with Crippen LogP contribution in [0.15, 0.2) is 48.5 Å². The monoisotopic (exact) mass is 327 g/mol. The average Bonchev–Trinajstić information content (AvgIpc) is 2.53. The van der Waals surface area contributed by atoms with E-state index in [0.717, 1.165) is 46.8 Å². The number of benzene rings is 2. The van der Waals surface area contributed by atoms with E-state index in [-0.39, 0.29) is 12.4 Å². The van der Waals surface area contributed by atoms with Gasteiger partial charge in [-0.25, -0.2) is 9.97 Å². The van der Waals surface area contributed by atoms with E-state index in [2.05, 4.69) is 11.4 Å². The van der Waals surface area contributed by atoms with Gasteiger partial charge in [0.1, 0.15) is 5.75 Å². The van der Waals surface area contributed by atoms with Gasteiger partial charge in [-0.2, -0.15) is 0 Å². The molecule has 4 nitrogen and oxygen atoms in total. The molecule has 0 unspecified atom stereocenters. The van der Waals surface area contributed by atoms with E-state index < -0.39 is 0 Å². The number of rotatable bonds is 3. The van der Waals surface area contributed by atoms with Crippen LogP contribution in [0.3, 0.4) is 0 Å². The normalized spacial score (nSPS) is 14.1. The molecule has 3 aromatic rings. The van der Waals surface area contributed by atoms with E-state index in [0.29, 0.717) is 5.92 Å². The summed E-state index contributed by atoms with van der Waals surface area (Å²) in [6.45, 7) is 1.92. The molecule has 1 aromatic heterocycles. The van der Waals surface area contributed by atoms with Crippen molar-refractivity contribution in [2.75, 3.05) is 20.2 Å². The van der Waals surface area contributed by atoms with Crippen LogP contribution in [0, 0.1) is 0 Å². The van der Waals surface area contributed by atoms with Crippen LogP contribution in [0.5, 0.6) is 5.75 Å². The van der Waals surface area contributed by atoms with Crippen LogP contribution in [0.25, 0.3) is 22.3 Å². The molecule has 118 valence electrons. The smallest absolute Gasteiger partial charge is 0.119 e. The Morgan fingerprint density at radius 1 is 1.00 bits per heavy atom. The number of hydrogen-bond donors (Lipinski definition) is 1. The van der Waals surface area contributed by atoms with E-state index in [4.69, 9.17) is 14.7 Å². The SMILES string of the molecule is COc1cccc(-c2nc3ccccc3nc2C2CNC2)c1.Cl. The second-order valence-corrected chi connectivity index (χ2v) is 5.53. The third kappa shape index (κ3) is 2.87. The molecule has 0 amide bonds. The molecule has 23 heavy (non-hydrogen) atoms. The highest BCUT2D eigenvalue weighted by atomic mass is 35.5. The zero-order valence-electron chi connectivity index (χ0n) is 12.8. The van der Waals surface area contributed by atoms with Crippen LogP contribution in [0.2, 0.25) is 0 Å². The van der Waals surface area contributed by atoms with Crippen molar-refractivity contribution < 1.29 is 4.74 Å². The first-order chi connectivity index (χ1) is 10.8. The minimum absolute atomic E-state index is 0. The van der Waals surface area contributed by atoms with Gasteiger partial charge in [0, 0.05) is 24.6 Å². The molecule has 1 saturated heterocycles. The van der Waals surface area contributed by atoms with E-state index in [1.807, 2.05) is 42.5 Å². The van der Waals surface area contributed by atoms with Crippen molar-refractivity contribution in [2.45, 2.75) is 5.92 Å². The van der Waals surface area contributed by atoms with Gasteiger partial charge in [-0.05, 0) is 24.3 Å². The molecule has 0 bridgehead atoms. The summed E-state index contributed by atoms with van der Waals surface area (Å²) in [4.78, 5) is 9.76. The Balaban J connectivity index is 0.00000156. The first kappa shape index (κ1) is 15.7. The summed E-state index contributed by atoms with van der Waals surface area (Å²) in [6.07, 6.45) is 0. The fraction of sp³-hybridized carbons (Fsp3) is 0.222. The predicted molar refractivity (Wildman–Crippen MR) is 94.4 cm³/mol. The Morgan fingerprint density at radius 2 is 1.74 bits per heavy atom. The van der Waals surface area contributed by atoms with Crippen LogP contribution in [-0.2, 0) is 0 Å². The van der Waals surface area contributed by atoms with E-state index in [1.165, 1.54) is 0 Å². The van der Waals surface area contributed by atoms with Gasteiger partial charge in [0.25, 0.3) is 0 Å². The first-order valence-electron chi connectivity index (χ1n) is 7.47. The highest BCUT2D eigenvalue weighted by molar-refractivity contribution is 5.85. The van der Waals surface area contributed by atoms with Crippen LogP contribution in [-0.4, -0.2) is 30.2 Å². The van der Waals surface area contributed by atoms with Crippen LogP contribution < -0.4 is 10.1 Å². The molecule has 0 atom stereocenters. The van der Waals surface area contributed by atoms with Crippen molar-refractivity contribution in [1.29, 1.82) is 0 Å². The predicted octanol–water partition coefficient (Wildman–Crippen LogP) is 3.41. The molecule has 2 aromatic carbocycles. The summed E-state index contributed by atoms with van der Waals surface area (Å²) in [7, 11) is 1.68. The highest BCUT2D eigenvalue weighted by Crippen LogP contribution is 2.31. The zero-order valence-corrected chi connectivity index (χ0v) is 13.6. The Labute approximate surface area is 141 Å². The number of nitrogens with zero attached hydrogens (tertiary/aromatic N) is 2. The van der Waals surface area contributed by atoms with Crippen molar-refractivity contribution >= 4 is 23.4 Å². The van der Waals surface area contributed by atoms with Crippen molar-refractivity contribution in [3.63, 3.8) is 0 Å². The topological polar surface area (TPSA) is 47.0 Å². The highest BCUT2D eigenvalue weighted by Gasteiger charge is 2.25. The Bertz CT molecular complexity index is 833. The molecule has 2 heterocycles. The average molecular weight is 328 g/mol. The van der Waals surface area contributed by atoms with Crippen LogP contribution in [0.4, 0.5) is 0 Å². The number of nitrogens with one attached hydrogen (secondary N) is 1. The van der Waals surface area contributed by atoms with Crippen molar-refractivity contribution in [3.05, 3.63) is 54.2 Å². The Kier molecular flexibility index (Phi) is 4.46. The van der Waals surface area contributed by atoms with Gasteiger partial charge < -0.3 is 10.1 Å². The fourth-order valence-corrected chi connectivity index (χ4v) is 2.76. The van der Waals surface area contributed by atoms with Gasteiger partial charge in [0.15, 0.2) is 0 Å². The second kappa shape index (κ2) is 6.52. The van der Waals surface area contributed by atoms with Gasteiger partial charge in [0.05, 0.1) is 29.5 Å². The van der Waals surface area contributed by atoms with E-state index in [9.17, 15) is 0 Å². The summed E-state index contributed by atoms with van der Waals surface area (Å²) in [6, 6.07) is 16.1. The molecule has 1 aliphatic heterocycles. The van der Waals surface area contributed by atoms with Gasteiger partial charge in [-0.15, -0.1) is 12.4 Å². The number of methoxy groups -OCH3 is 1. The molecule has 4 rings (SSSR count). The van der Waals surface area contributed by atoms with Crippen LogP contribution >= 0.6 is 12.4 Å². The summed E-state index contributed by atoms with van der Waals surface area (Å²) in [5.41, 5.74) is 4.97. The summed E-state index contributed by atoms with van der Waals surface area (Å²) in [5.74, 6) is 1.27. The van der Waals surface area contributed by atoms with Gasteiger partial charge >= 0.3 is 0 Å². The van der Waals surface area contributed by atoms with E-state index in [1.54, 1.807) is 7.11 Å². The lowest BCUT2D eigenvalue weighted by Crippen LogP contribution is -2.40. The molecule has 0 saturated carbocycles. The standard InChI is InChI=1S/C18H17N3O.ClH/c1-22-14-6-4-5-12(9-14)17-18(13-10-19-11-13)21-16-8-3-2-7-15(16)20-17;/h2-9,13,19H,10-11H2,1H3;1H. The summed E-state index contributed by atoms with van der Waals surface area (Å²) < 4.78 is 5.34. The molecule has 0 aliphatic carbocycles. The molecule has 1 fully saturated rings. The number of hydrogen-bond acceptors (Lipinski definition) is 4. The molecule has 0 radical (unpaired) electrons. The third-order valence-electron chi connectivity index (χ3n) is 4.11. The van der Waals surface area contributed by atoms with Crippen molar-refractivity contribution in [2.24, 2.45) is 0 Å². The molecule has 1 N–H and O–H groups in total. The minimum atomic E-state index is 0. The van der Waals surface area contributed by atoms with Crippen molar-refractivity contribution in [3.8, 4) is 17.0 Å². The molecule has 1 aliphatic rings. The Morgan fingerprint density at radius 3 is 2.39 bits per heavy atom. The van der Waals surface area contributed by atoms with Gasteiger partial charge in [-0.1, -0.05) is 24.3 Å². The summed E-state index contributed by atoms with van der Waals surface area (Å²) >= 11 is 0. The second-order valence-electron chi connectivity index (χ2n) is 5.53. The first-order valence-corrected chi connectivity index (χ1v) is 7.47. The largest absolute Gasteiger partial charge is 0.497 e. The van der Waals surface area contributed by atoms with Gasteiger partial charge in [-0.3, -0.25) is 0 Å². The van der Waals surface area contributed by atoms with Crippen molar-refractivity contribution in [1.82, 2.24) is 15.3 Å². The number of halogens is 1. The maximum atomic E-state index is 5.34. The van der Waals surface area contributed by atoms with Gasteiger partial charge in [0.2, 0.25) is 0 Å². The quantitative estimate of drug-likeness (QED) is 0.800. The fourth-order valence-electron chi connectivity index (χ4n) is 2.76. The maximum Gasteiger partial charge on any atom is 0.119 e. The lowest BCUT2D eigenvalue weighted by Gasteiger charge is -2.28. The maximum absolute atomic E-state index is 5.34. The minimum Gasteiger partial charge on any atom is -0.497 e.